The maximum Gasteiger partial charge on any atom is 0.223 e. The topological polar surface area (TPSA) is 41.1 Å². The van der Waals surface area contributed by atoms with Crippen molar-refractivity contribution in [2.24, 2.45) is 5.92 Å². The zero-order chi connectivity index (χ0) is 14.5. The highest BCUT2D eigenvalue weighted by atomic mass is 35.5. The third kappa shape index (κ3) is 4.47. The first-order chi connectivity index (χ1) is 10.3. The molecule has 0 radical (unpaired) electrons. The number of carbonyl (C=O) groups excluding carboxylic acids is 1. The van der Waals surface area contributed by atoms with Crippen molar-refractivity contribution in [2.45, 2.75) is 50.5 Å². The quantitative estimate of drug-likeness (QED) is 0.893. The fourth-order valence-electron chi connectivity index (χ4n) is 3.71. The van der Waals surface area contributed by atoms with Crippen molar-refractivity contribution in [3.05, 3.63) is 35.9 Å². The van der Waals surface area contributed by atoms with Gasteiger partial charge in [0, 0.05) is 18.5 Å². The van der Waals surface area contributed by atoms with E-state index in [2.05, 4.69) is 41.0 Å². The van der Waals surface area contributed by atoms with E-state index in [1.54, 1.807) is 0 Å². The van der Waals surface area contributed by atoms with Gasteiger partial charge in [-0.3, -0.25) is 4.79 Å². The minimum Gasteiger partial charge on any atom is -0.354 e. The molecule has 1 saturated heterocycles. The Hall–Kier alpha value is -1.06. The molecule has 3 rings (SSSR count). The van der Waals surface area contributed by atoms with Crippen LogP contribution in [-0.4, -0.2) is 25.0 Å². The SMILES string of the molecule is Cl.O=C(NCC1CCCN1)C1CCC(c2ccccc2)CC1. The van der Waals surface area contributed by atoms with Crippen LogP contribution in [0.15, 0.2) is 30.3 Å². The average molecular weight is 323 g/mol. The van der Waals surface area contributed by atoms with Gasteiger partial charge in [0.2, 0.25) is 5.91 Å². The fraction of sp³-hybridized carbons (Fsp3) is 0.611. The van der Waals surface area contributed by atoms with Gasteiger partial charge < -0.3 is 10.6 Å². The van der Waals surface area contributed by atoms with Crippen LogP contribution >= 0.6 is 12.4 Å². The molecule has 0 bridgehead atoms. The number of carbonyl (C=O) groups is 1. The maximum absolute atomic E-state index is 12.3. The molecule has 1 aliphatic heterocycles. The number of hydrogen-bond acceptors (Lipinski definition) is 2. The molecule has 3 nitrogen and oxygen atoms in total. The van der Waals surface area contributed by atoms with Gasteiger partial charge in [0.1, 0.15) is 0 Å². The number of rotatable bonds is 4. The van der Waals surface area contributed by atoms with E-state index >= 15 is 0 Å². The molecule has 22 heavy (non-hydrogen) atoms. The molecular weight excluding hydrogens is 296 g/mol. The summed E-state index contributed by atoms with van der Waals surface area (Å²) in [5, 5.41) is 6.58. The minimum atomic E-state index is 0. The van der Waals surface area contributed by atoms with Crippen molar-refractivity contribution in [3.63, 3.8) is 0 Å². The van der Waals surface area contributed by atoms with Crippen molar-refractivity contribution in [1.29, 1.82) is 0 Å². The van der Waals surface area contributed by atoms with Crippen molar-refractivity contribution < 1.29 is 4.79 Å². The Balaban J connectivity index is 0.00000176. The summed E-state index contributed by atoms with van der Waals surface area (Å²) in [6.07, 6.45) is 6.78. The smallest absolute Gasteiger partial charge is 0.223 e. The molecule has 1 heterocycles. The van der Waals surface area contributed by atoms with Gasteiger partial charge in [-0.2, -0.15) is 0 Å². The van der Waals surface area contributed by atoms with Crippen LogP contribution in [0.1, 0.15) is 50.0 Å². The van der Waals surface area contributed by atoms with Gasteiger partial charge in [0.25, 0.3) is 0 Å². The Kier molecular flexibility index (Phi) is 6.71. The molecule has 2 aliphatic rings. The predicted octanol–water partition coefficient (Wildman–Crippen LogP) is 3.25. The van der Waals surface area contributed by atoms with E-state index in [0.29, 0.717) is 12.0 Å². The van der Waals surface area contributed by atoms with Crippen molar-refractivity contribution in [1.82, 2.24) is 10.6 Å². The van der Waals surface area contributed by atoms with Crippen LogP contribution in [0.3, 0.4) is 0 Å². The Morgan fingerprint density at radius 2 is 1.82 bits per heavy atom. The first-order valence-electron chi connectivity index (χ1n) is 8.39. The second-order valence-electron chi connectivity index (χ2n) is 6.50. The number of amides is 1. The van der Waals surface area contributed by atoms with Crippen LogP contribution in [0.4, 0.5) is 0 Å². The van der Waals surface area contributed by atoms with E-state index in [0.717, 1.165) is 38.8 Å². The molecule has 4 heteroatoms. The maximum atomic E-state index is 12.3. The number of nitrogens with one attached hydrogen (secondary N) is 2. The summed E-state index contributed by atoms with van der Waals surface area (Å²) in [5.74, 6) is 1.15. The van der Waals surface area contributed by atoms with Gasteiger partial charge in [-0.05, 0) is 56.6 Å². The molecule has 1 aliphatic carbocycles. The summed E-state index contributed by atoms with van der Waals surface area (Å²) < 4.78 is 0. The van der Waals surface area contributed by atoms with E-state index in [9.17, 15) is 4.79 Å². The van der Waals surface area contributed by atoms with Gasteiger partial charge in [0.15, 0.2) is 0 Å². The lowest BCUT2D eigenvalue weighted by molar-refractivity contribution is -0.126. The van der Waals surface area contributed by atoms with Gasteiger partial charge in [0.05, 0.1) is 0 Å². The van der Waals surface area contributed by atoms with Crippen molar-refractivity contribution in [2.75, 3.05) is 13.1 Å². The molecule has 1 aromatic rings. The van der Waals surface area contributed by atoms with Crippen LogP contribution in [0.2, 0.25) is 0 Å². The second-order valence-corrected chi connectivity index (χ2v) is 6.50. The lowest BCUT2D eigenvalue weighted by atomic mass is 9.78. The van der Waals surface area contributed by atoms with Crippen molar-refractivity contribution >= 4 is 18.3 Å². The zero-order valence-corrected chi connectivity index (χ0v) is 13.9. The van der Waals surface area contributed by atoms with E-state index in [1.165, 1.54) is 18.4 Å². The molecule has 1 amide bonds. The van der Waals surface area contributed by atoms with Gasteiger partial charge >= 0.3 is 0 Å². The Morgan fingerprint density at radius 1 is 1.09 bits per heavy atom. The Labute approximate surface area is 139 Å². The summed E-state index contributed by atoms with van der Waals surface area (Å²) in [7, 11) is 0. The Bertz CT molecular complexity index is 451. The normalized spacial score (nSPS) is 27.9. The van der Waals surface area contributed by atoms with Crippen LogP contribution in [-0.2, 0) is 4.79 Å². The Morgan fingerprint density at radius 3 is 2.45 bits per heavy atom. The molecule has 2 N–H and O–H groups in total. The average Bonchev–Trinajstić information content (AvgIpc) is 3.07. The highest BCUT2D eigenvalue weighted by Gasteiger charge is 2.27. The van der Waals surface area contributed by atoms with Crippen LogP contribution < -0.4 is 10.6 Å². The molecule has 2 fully saturated rings. The molecule has 1 unspecified atom stereocenters. The van der Waals surface area contributed by atoms with Gasteiger partial charge in [-0.25, -0.2) is 0 Å². The fourth-order valence-corrected chi connectivity index (χ4v) is 3.71. The molecule has 122 valence electrons. The molecule has 1 saturated carbocycles. The second kappa shape index (κ2) is 8.54. The van der Waals surface area contributed by atoms with Gasteiger partial charge in [-0.15, -0.1) is 12.4 Å². The lowest BCUT2D eigenvalue weighted by Crippen LogP contribution is -2.40. The van der Waals surface area contributed by atoms with E-state index in [4.69, 9.17) is 0 Å². The highest BCUT2D eigenvalue weighted by molar-refractivity contribution is 5.85. The van der Waals surface area contributed by atoms with Crippen LogP contribution in [0.5, 0.6) is 0 Å². The predicted molar refractivity (Wildman–Crippen MR) is 92.4 cm³/mol. The number of hydrogen-bond donors (Lipinski definition) is 2. The van der Waals surface area contributed by atoms with E-state index < -0.39 is 0 Å². The third-order valence-corrected chi connectivity index (χ3v) is 5.05. The first-order valence-corrected chi connectivity index (χ1v) is 8.39. The lowest BCUT2D eigenvalue weighted by Gasteiger charge is -2.28. The van der Waals surface area contributed by atoms with Gasteiger partial charge in [-0.1, -0.05) is 30.3 Å². The summed E-state index contributed by atoms with van der Waals surface area (Å²) in [6.45, 7) is 1.90. The molecular formula is C18H27ClN2O. The highest BCUT2D eigenvalue weighted by Crippen LogP contribution is 2.35. The summed E-state index contributed by atoms with van der Waals surface area (Å²) >= 11 is 0. The summed E-state index contributed by atoms with van der Waals surface area (Å²) in [4.78, 5) is 12.3. The minimum absolute atomic E-state index is 0. The largest absolute Gasteiger partial charge is 0.354 e. The van der Waals surface area contributed by atoms with Crippen LogP contribution in [0, 0.1) is 5.92 Å². The molecule has 1 atom stereocenters. The number of benzene rings is 1. The molecule has 0 aromatic heterocycles. The first kappa shape index (κ1) is 17.3. The van der Waals surface area contributed by atoms with E-state index in [1.807, 2.05) is 0 Å². The standard InChI is InChI=1S/C18H26N2O.ClH/c21-18(20-13-17-7-4-12-19-17)16-10-8-15(9-11-16)14-5-2-1-3-6-14;/h1-3,5-6,15-17,19H,4,7-13H2,(H,20,21);1H. The monoisotopic (exact) mass is 322 g/mol. The van der Waals surface area contributed by atoms with Crippen molar-refractivity contribution in [3.8, 4) is 0 Å². The zero-order valence-electron chi connectivity index (χ0n) is 13.1. The van der Waals surface area contributed by atoms with E-state index in [-0.39, 0.29) is 24.2 Å². The third-order valence-electron chi connectivity index (χ3n) is 5.05. The molecule has 0 spiro atoms. The number of halogens is 1. The van der Waals surface area contributed by atoms with Crippen LogP contribution in [0.25, 0.3) is 0 Å². The molecule has 1 aromatic carbocycles. The summed E-state index contributed by atoms with van der Waals surface area (Å²) in [5.41, 5.74) is 1.44. The summed E-state index contributed by atoms with van der Waals surface area (Å²) in [6, 6.07) is 11.2.